The maximum Gasteiger partial charge on any atom is 0.227 e. The molecule has 0 aliphatic carbocycles. The maximum atomic E-state index is 12.6. The molecule has 1 aromatic rings. The molecule has 5 nitrogen and oxygen atoms in total. The van der Waals surface area contributed by atoms with Crippen LogP contribution >= 0.6 is 28.3 Å². The Labute approximate surface area is 164 Å². The fraction of sp³-hybridized carbons (Fsp3) is 0.556. The van der Waals surface area contributed by atoms with Gasteiger partial charge in [-0.3, -0.25) is 9.59 Å². The van der Waals surface area contributed by atoms with Crippen molar-refractivity contribution in [2.45, 2.75) is 32.7 Å². The molecule has 2 unspecified atom stereocenters. The zero-order valence-electron chi connectivity index (χ0n) is 14.9. The molecule has 2 rings (SSSR count). The number of benzene rings is 1. The first kappa shape index (κ1) is 21.9. The van der Waals surface area contributed by atoms with E-state index in [4.69, 9.17) is 5.73 Å². The van der Waals surface area contributed by atoms with Crippen LogP contribution in [0, 0.1) is 11.8 Å². The third kappa shape index (κ3) is 5.43. The van der Waals surface area contributed by atoms with Gasteiger partial charge in [-0.05, 0) is 40.4 Å². The highest BCUT2D eigenvalue weighted by Crippen LogP contribution is 2.31. The first-order valence-electron chi connectivity index (χ1n) is 8.36. The van der Waals surface area contributed by atoms with E-state index in [0.717, 1.165) is 16.6 Å². The Bertz CT molecular complexity index is 612. The van der Waals surface area contributed by atoms with Crippen molar-refractivity contribution in [2.24, 2.45) is 17.6 Å². The average molecular weight is 433 g/mol. The summed E-state index contributed by atoms with van der Waals surface area (Å²) in [6.45, 7) is 5.22. The molecule has 1 aliphatic heterocycles. The summed E-state index contributed by atoms with van der Waals surface area (Å²) in [5.74, 6) is 0.124. The molecule has 1 aliphatic rings. The van der Waals surface area contributed by atoms with E-state index in [1.54, 1.807) is 16.8 Å². The van der Waals surface area contributed by atoms with Crippen LogP contribution in [0.2, 0.25) is 0 Å². The second-order valence-electron chi connectivity index (χ2n) is 6.81. The summed E-state index contributed by atoms with van der Waals surface area (Å²) in [6, 6.07) is 7.67. The van der Waals surface area contributed by atoms with Gasteiger partial charge in [-0.1, -0.05) is 26.0 Å². The molecule has 1 saturated heterocycles. The monoisotopic (exact) mass is 431 g/mol. The normalized spacial score (nSPS) is 18.2. The number of nitrogens with zero attached hydrogens (tertiary/aromatic N) is 2. The van der Waals surface area contributed by atoms with E-state index in [9.17, 15) is 9.59 Å². The van der Waals surface area contributed by atoms with Crippen molar-refractivity contribution in [1.29, 1.82) is 0 Å². The third-order valence-corrected chi connectivity index (χ3v) is 5.32. The molecule has 2 N–H and O–H groups in total. The Morgan fingerprint density at radius 1 is 1.40 bits per heavy atom. The van der Waals surface area contributed by atoms with Crippen LogP contribution < -0.4 is 10.6 Å². The minimum atomic E-state index is -0.287. The van der Waals surface area contributed by atoms with Gasteiger partial charge in [0.15, 0.2) is 0 Å². The van der Waals surface area contributed by atoms with Crippen molar-refractivity contribution in [3.05, 3.63) is 28.7 Å². The van der Waals surface area contributed by atoms with Gasteiger partial charge in [-0.15, -0.1) is 12.4 Å². The summed E-state index contributed by atoms with van der Waals surface area (Å²) in [6.07, 6.45) is 1.04. The number of para-hydroxylation sites is 1. The van der Waals surface area contributed by atoms with E-state index in [1.165, 1.54) is 0 Å². The molecule has 2 atom stereocenters. The first-order chi connectivity index (χ1) is 11.3. The predicted molar refractivity (Wildman–Crippen MR) is 107 cm³/mol. The van der Waals surface area contributed by atoms with Crippen LogP contribution in [0.15, 0.2) is 28.7 Å². The highest BCUT2D eigenvalue weighted by molar-refractivity contribution is 9.10. The lowest BCUT2D eigenvalue weighted by Gasteiger charge is -2.24. The third-order valence-electron chi connectivity index (χ3n) is 4.65. The molecule has 7 heteroatoms. The number of nitrogens with two attached hydrogens (primary N) is 1. The van der Waals surface area contributed by atoms with Crippen molar-refractivity contribution in [3.8, 4) is 0 Å². The molecule has 1 aromatic carbocycles. The zero-order chi connectivity index (χ0) is 17.9. The lowest BCUT2D eigenvalue weighted by atomic mass is 10.0. The molecule has 0 aromatic heterocycles. The van der Waals surface area contributed by atoms with E-state index >= 15 is 0 Å². The Hall–Kier alpha value is -1.11. The van der Waals surface area contributed by atoms with E-state index < -0.39 is 0 Å². The Morgan fingerprint density at radius 2 is 2.04 bits per heavy atom. The lowest BCUT2D eigenvalue weighted by molar-refractivity contribution is -0.134. The molecule has 25 heavy (non-hydrogen) atoms. The number of rotatable bonds is 6. The van der Waals surface area contributed by atoms with Gasteiger partial charge >= 0.3 is 0 Å². The smallest absolute Gasteiger partial charge is 0.227 e. The van der Waals surface area contributed by atoms with Gasteiger partial charge in [0, 0.05) is 37.1 Å². The van der Waals surface area contributed by atoms with Crippen LogP contribution in [0.5, 0.6) is 0 Å². The number of carbonyl (C=O) groups excluding carboxylic acids is 2. The van der Waals surface area contributed by atoms with Gasteiger partial charge in [-0.25, -0.2) is 0 Å². The van der Waals surface area contributed by atoms with Crippen molar-refractivity contribution in [3.63, 3.8) is 0 Å². The molecular formula is C18H27BrClN3O2. The topological polar surface area (TPSA) is 66.6 Å². The van der Waals surface area contributed by atoms with E-state index in [-0.39, 0.29) is 42.6 Å². The van der Waals surface area contributed by atoms with Crippen molar-refractivity contribution in [1.82, 2.24) is 4.90 Å². The number of halogens is 2. The fourth-order valence-electron chi connectivity index (χ4n) is 2.87. The van der Waals surface area contributed by atoms with Gasteiger partial charge < -0.3 is 15.5 Å². The predicted octanol–water partition coefficient (Wildman–Crippen LogP) is 3.06. The fourth-order valence-corrected chi connectivity index (χ4v) is 3.37. The highest BCUT2D eigenvalue weighted by atomic mass is 79.9. The van der Waals surface area contributed by atoms with Crippen molar-refractivity contribution < 1.29 is 9.59 Å². The largest absolute Gasteiger partial charge is 0.345 e. The number of hydrogen-bond donors (Lipinski definition) is 1. The standard InChI is InChI=1S/C18H26BrN3O2.ClH/c1-12(2)15(20)8-9-21(3)18(24)13-10-17(23)22(11-13)16-7-5-4-6-14(16)19;/h4-7,12-13,15H,8-11,20H2,1-3H3;1H. The maximum absolute atomic E-state index is 12.6. The molecule has 1 fully saturated rings. The second kappa shape index (κ2) is 9.55. The average Bonchev–Trinajstić information content (AvgIpc) is 2.93. The van der Waals surface area contributed by atoms with Crippen LogP contribution in [0.4, 0.5) is 5.69 Å². The van der Waals surface area contributed by atoms with Crippen molar-refractivity contribution >= 4 is 45.8 Å². The van der Waals surface area contributed by atoms with Gasteiger partial charge in [0.2, 0.25) is 11.8 Å². The summed E-state index contributed by atoms with van der Waals surface area (Å²) in [7, 11) is 1.79. The highest BCUT2D eigenvalue weighted by Gasteiger charge is 2.37. The summed E-state index contributed by atoms with van der Waals surface area (Å²) in [4.78, 5) is 28.4. The number of amides is 2. The van der Waals surface area contributed by atoms with Crippen LogP contribution in [-0.2, 0) is 9.59 Å². The quantitative estimate of drug-likeness (QED) is 0.751. The van der Waals surface area contributed by atoms with Crippen LogP contribution in [0.25, 0.3) is 0 Å². The Balaban J connectivity index is 0.00000312. The lowest BCUT2D eigenvalue weighted by Crippen LogP contribution is -2.38. The summed E-state index contributed by atoms with van der Waals surface area (Å²) in [5, 5.41) is 0. The Morgan fingerprint density at radius 3 is 2.64 bits per heavy atom. The van der Waals surface area contributed by atoms with Crippen LogP contribution in [0.3, 0.4) is 0 Å². The number of carbonyl (C=O) groups is 2. The minimum absolute atomic E-state index is 0. The Kier molecular flexibility index (Phi) is 8.38. The van der Waals surface area contributed by atoms with E-state index in [2.05, 4.69) is 29.8 Å². The second-order valence-corrected chi connectivity index (χ2v) is 7.67. The van der Waals surface area contributed by atoms with Crippen molar-refractivity contribution in [2.75, 3.05) is 25.0 Å². The summed E-state index contributed by atoms with van der Waals surface area (Å²) in [5.41, 5.74) is 6.87. The minimum Gasteiger partial charge on any atom is -0.345 e. The van der Waals surface area contributed by atoms with E-state index in [0.29, 0.717) is 19.0 Å². The van der Waals surface area contributed by atoms with E-state index in [1.807, 2.05) is 24.3 Å². The van der Waals surface area contributed by atoms with Gasteiger partial charge in [0.1, 0.15) is 0 Å². The zero-order valence-corrected chi connectivity index (χ0v) is 17.3. The SMILES string of the molecule is CC(C)C(N)CCN(C)C(=O)C1CC(=O)N(c2ccccc2Br)C1.Cl. The molecule has 2 amide bonds. The molecule has 0 radical (unpaired) electrons. The van der Waals surface area contributed by atoms with Gasteiger partial charge in [0.05, 0.1) is 11.6 Å². The van der Waals surface area contributed by atoms with Crippen LogP contribution in [0.1, 0.15) is 26.7 Å². The van der Waals surface area contributed by atoms with Gasteiger partial charge in [-0.2, -0.15) is 0 Å². The molecular weight excluding hydrogens is 406 g/mol. The summed E-state index contributed by atoms with van der Waals surface area (Å²) < 4.78 is 0.864. The number of hydrogen-bond acceptors (Lipinski definition) is 3. The molecule has 0 spiro atoms. The van der Waals surface area contributed by atoms with Crippen LogP contribution in [-0.4, -0.2) is 42.9 Å². The summed E-state index contributed by atoms with van der Waals surface area (Å²) >= 11 is 3.47. The molecule has 1 heterocycles. The molecule has 140 valence electrons. The number of anilines is 1. The molecule has 0 saturated carbocycles. The van der Waals surface area contributed by atoms with Gasteiger partial charge in [0.25, 0.3) is 0 Å². The molecule has 0 bridgehead atoms. The first-order valence-corrected chi connectivity index (χ1v) is 9.16.